The van der Waals surface area contributed by atoms with Crippen LogP contribution in [-0.4, -0.2) is 19.5 Å². The minimum Gasteiger partial charge on any atom is -0.309 e. The van der Waals surface area contributed by atoms with Gasteiger partial charge in [0.1, 0.15) is 15.4 Å². The second kappa shape index (κ2) is 7.86. The zero-order valence-electron chi connectivity index (χ0n) is 17.0. The van der Waals surface area contributed by atoms with Gasteiger partial charge in [0.05, 0.1) is 16.7 Å². The Morgan fingerprint density at radius 1 is 1.13 bits per heavy atom. The molecule has 0 saturated heterocycles. The summed E-state index contributed by atoms with van der Waals surface area (Å²) in [5.41, 5.74) is 2.01. The molecule has 4 aromatic heterocycles. The van der Waals surface area contributed by atoms with Crippen LogP contribution in [0, 0.1) is 0 Å². The first-order valence-electron chi connectivity index (χ1n) is 10.8. The number of hydrogen-bond acceptors (Lipinski definition) is 7. The van der Waals surface area contributed by atoms with Gasteiger partial charge in [-0.25, -0.2) is 9.97 Å². The van der Waals surface area contributed by atoms with Crippen LogP contribution in [0.1, 0.15) is 60.8 Å². The van der Waals surface area contributed by atoms with Crippen molar-refractivity contribution in [3.63, 3.8) is 0 Å². The molecule has 4 aromatic rings. The Morgan fingerprint density at radius 3 is 2.84 bits per heavy atom. The van der Waals surface area contributed by atoms with Crippen molar-refractivity contribution >= 4 is 54.9 Å². The van der Waals surface area contributed by atoms with Gasteiger partial charge in [-0.05, 0) is 55.5 Å². The lowest BCUT2D eigenvalue weighted by Gasteiger charge is -2.18. The number of aromatic nitrogens is 4. The Morgan fingerprint density at radius 2 is 1.97 bits per heavy atom. The zero-order chi connectivity index (χ0) is 20.9. The lowest BCUT2D eigenvalue weighted by molar-refractivity contribution is 0.457. The summed E-state index contributed by atoms with van der Waals surface area (Å²) in [5.74, 6) is 1.11. The molecule has 0 amide bonds. The maximum absolute atomic E-state index is 13.7. The van der Waals surface area contributed by atoms with Gasteiger partial charge in [0.2, 0.25) is 0 Å². The SMILES string of the molecule is O=c1[nH]c(CSc2nc3sc4c(c3c(=O)n2C2CCCC2)CCCC4)nc2ccsc12. The van der Waals surface area contributed by atoms with E-state index in [4.69, 9.17) is 4.98 Å². The molecule has 2 aliphatic rings. The second-order valence-corrected chi connectivity index (χ2v) is 11.3. The van der Waals surface area contributed by atoms with E-state index in [2.05, 4.69) is 9.97 Å². The molecule has 0 aliphatic heterocycles. The van der Waals surface area contributed by atoms with Gasteiger partial charge in [-0.2, -0.15) is 0 Å². The van der Waals surface area contributed by atoms with Crippen molar-refractivity contribution in [2.24, 2.45) is 0 Å². The van der Waals surface area contributed by atoms with E-state index in [0.29, 0.717) is 16.3 Å². The molecule has 0 unspecified atom stereocenters. The highest BCUT2D eigenvalue weighted by Gasteiger charge is 2.27. The largest absolute Gasteiger partial charge is 0.309 e. The van der Waals surface area contributed by atoms with Crippen molar-refractivity contribution < 1.29 is 0 Å². The van der Waals surface area contributed by atoms with Crippen LogP contribution in [0.5, 0.6) is 0 Å². The van der Waals surface area contributed by atoms with E-state index in [1.165, 1.54) is 40.0 Å². The molecule has 4 heterocycles. The number of rotatable bonds is 4. The monoisotopic (exact) mass is 470 g/mol. The van der Waals surface area contributed by atoms with Crippen LogP contribution in [-0.2, 0) is 18.6 Å². The third-order valence-corrected chi connectivity index (χ3v) is 9.43. The van der Waals surface area contributed by atoms with Crippen LogP contribution < -0.4 is 11.1 Å². The molecule has 6 rings (SSSR count). The number of nitrogens with one attached hydrogen (secondary N) is 1. The fraction of sp³-hybridized carbons (Fsp3) is 0.455. The first kappa shape index (κ1) is 19.7. The molecule has 0 atom stereocenters. The molecular formula is C22H22N4O2S3. The van der Waals surface area contributed by atoms with Crippen LogP contribution in [0.2, 0.25) is 0 Å². The summed E-state index contributed by atoms with van der Waals surface area (Å²) in [7, 11) is 0. The van der Waals surface area contributed by atoms with Gasteiger partial charge in [-0.1, -0.05) is 24.6 Å². The van der Waals surface area contributed by atoms with Crippen molar-refractivity contribution in [1.82, 2.24) is 19.5 Å². The molecule has 2 aliphatic carbocycles. The average Bonchev–Trinajstić information content (AvgIpc) is 3.51. The topological polar surface area (TPSA) is 80.6 Å². The van der Waals surface area contributed by atoms with Gasteiger partial charge < -0.3 is 4.98 Å². The van der Waals surface area contributed by atoms with E-state index < -0.39 is 0 Å². The first-order valence-corrected chi connectivity index (χ1v) is 13.5. The van der Waals surface area contributed by atoms with Crippen molar-refractivity contribution in [1.29, 1.82) is 0 Å². The van der Waals surface area contributed by atoms with Crippen LogP contribution in [0.4, 0.5) is 0 Å². The van der Waals surface area contributed by atoms with E-state index in [0.717, 1.165) is 65.8 Å². The van der Waals surface area contributed by atoms with Gasteiger partial charge in [-0.15, -0.1) is 22.7 Å². The van der Waals surface area contributed by atoms with Crippen molar-refractivity contribution in [2.45, 2.75) is 68.3 Å². The van der Waals surface area contributed by atoms with Crippen molar-refractivity contribution in [3.8, 4) is 0 Å². The van der Waals surface area contributed by atoms with Crippen LogP contribution in [0.25, 0.3) is 20.4 Å². The number of aryl methyl sites for hydroxylation is 2. The maximum Gasteiger partial charge on any atom is 0.268 e. The summed E-state index contributed by atoms with van der Waals surface area (Å²) >= 11 is 4.61. The molecule has 0 spiro atoms. The number of fused-ring (bicyclic) bond motifs is 4. The van der Waals surface area contributed by atoms with Crippen molar-refractivity contribution in [3.05, 3.63) is 48.4 Å². The fourth-order valence-electron chi connectivity index (χ4n) is 4.91. The lowest BCUT2D eigenvalue weighted by atomic mass is 9.97. The summed E-state index contributed by atoms with van der Waals surface area (Å²) < 4.78 is 2.61. The third-order valence-electron chi connectivity index (χ3n) is 6.38. The first-order chi connectivity index (χ1) is 15.2. The Hall–Kier alpha value is -1.97. The molecule has 160 valence electrons. The normalized spacial score (nSPS) is 17.0. The second-order valence-electron chi connectivity index (χ2n) is 8.34. The standard InChI is InChI=1S/C22H22N4O2S3/c27-19-18-14(9-10-29-18)23-16(24-19)11-30-22-25-20-17(13-7-3-4-8-15(13)31-20)21(28)26(22)12-5-1-2-6-12/h9-10,12H,1-8,11H2,(H,23,24,27). The van der Waals surface area contributed by atoms with E-state index in [-0.39, 0.29) is 17.2 Å². The molecular weight excluding hydrogens is 448 g/mol. The fourth-order valence-corrected chi connectivity index (χ4v) is 7.87. The maximum atomic E-state index is 13.7. The van der Waals surface area contributed by atoms with Gasteiger partial charge >= 0.3 is 0 Å². The van der Waals surface area contributed by atoms with Gasteiger partial charge in [-0.3, -0.25) is 14.2 Å². The quantitative estimate of drug-likeness (QED) is 0.334. The van der Waals surface area contributed by atoms with E-state index in [9.17, 15) is 9.59 Å². The van der Waals surface area contributed by atoms with Crippen LogP contribution in [0.3, 0.4) is 0 Å². The lowest BCUT2D eigenvalue weighted by Crippen LogP contribution is -2.26. The summed E-state index contributed by atoms with van der Waals surface area (Å²) in [4.78, 5) is 40.8. The van der Waals surface area contributed by atoms with E-state index in [1.807, 2.05) is 16.0 Å². The number of thiophene rings is 2. The Balaban J connectivity index is 1.44. The molecule has 9 heteroatoms. The Labute approximate surface area is 190 Å². The molecule has 31 heavy (non-hydrogen) atoms. The molecule has 6 nitrogen and oxygen atoms in total. The summed E-state index contributed by atoms with van der Waals surface area (Å²) in [6, 6.07) is 2.09. The highest BCUT2D eigenvalue weighted by atomic mass is 32.2. The summed E-state index contributed by atoms with van der Waals surface area (Å²) in [6.45, 7) is 0. The number of nitrogens with zero attached hydrogens (tertiary/aromatic N) is 3. The van der Waals surface area contributed by atoms with Crippen LogP contribution in [0.15, 0.2) is 26.2 Å². The average molecular weight is 471 g/mol. The molecule has 0 bridgehead atoms. The number of aromatic amines is 1. The molecule has 0 radical (unpaired) electrons. The van der Waals surface area contributed by atoms with Gasteiger partial charge in [0.15, 0.2) is 5.16 Å². The minimum atomic E-state index is -0.0990. The highest BCUT2D eigenvalue weighted by molar-refractivity contribution is 7.98. The molecule has 1 saturated carbocycles. The van der Waals surface area contributed by atoms with Gasteiger partial charge in [0.25, 0.3) is 11.1 Å². The predicted molar refractivity (Wildman–Crippen MR) is 128 cm³/mol. The minimum absolute atomic E-state index is 0.0990. The van der Waals surface area contributed by atoms with Crippen molar-refractivity contribution in [2.75, 3.05) is 0 Å². The van der Waals surface area contributed by atoms with E-state index >= 15 is 0 Å². The third kappa shape index (κ3) is 3.37. The molecule has 0 aromatic carbocycles. The number of H-pyrrole nitrogens is 1. The van der Waals surface area contributed by atoms with E-state index in [1.54, 1.807) is 11.3 Å². The Bertz CT molecular complexity index is 1410. The van der Waals surface area contributed by atoms with Crippen LogP contribution >= 0.6 is 34.4 Å². The number of thioether (sulfide) groups is 1. The Kier molecular flexibility index (Phi) is 5.00. The molecule has 1 N–H and O–H groups in total. The predicted octanol–water partition coefficient (Wildman–Crippen LogP) is 5.04. The zero-order valence-corrected chi connectivity index (χ0v) is 19.4. The number of hydrogen-bond donors (Lipinski definition) is 1. The smallest absolute Gasteiger partial charge is 0.268 e. The molecule has 1 fully saturated rings. The summed E-state index contributed by atoms with van der Waals surface area (Å²) in [5, 5.41) is 3.51. The van der Waals surface area contributed by atoms with Gasteiger partial charge in [0, 0.05) is 10.9 Å². The summed E-state index contributed by atoms with van der Waals surface area (Å²) in [6.07, 6.45) is 8.79. The highest BCUT2D eigenvalue weighted by Crippen LogP contribution is 2.37.